The molecule has 3 N–H and O–H groups in total. The van der Waals surface area contributed by atoms with Crippen molar-refractivity contribution in [3.63, 3.8) is 0 Å². The molecule has 39 heavy (non-hydrogen) atoms. The lowest BCUT2D eigenvalue weighted by Crippen LogP contribution is -2.44. The summed E-state index contributed by atoms with van der Waals surface area (Å²) >= 11 is 6.78. The summed E-state index contributed by atoms with van der Waals surface area (Å²) in [5.74, 6) is -1.95. The van der Waals surface area contributed by atoms with E-state index in [-0.39, 0.29) is 10.8 Å². The first-order chi connectivity index (χ1) is 18.5. The van der Waals surface area contributed by atoms with Crippen molar-refractivity contribution in [1.29, 1.82) is 0 Å². The summed E-state index contributed by atoms with van der Waals surface area (Å²) in [6.07, 6.45) is 4.07. The zero-order chi connectivity index (χ0) is 28.9. The van der Waals surface area contributed by atoms with Crippen molar-refractivity contribution in [2.24, 2.45) is 5.92 Å². The first-order valence-electron chi connectivity index (χ1n) is 13.5. The van der Waals surface area contributed by atoms with Crippen LogP contribution < -0.4 is 15.4 Å². The summed E-state index contributed by atoms with van der Waals surface area (Å²) < 4.78 is 54.7. The van der Waals surface area contributed by atoms with Crippen molar-refractivity contribution in [2.45, 2.75) is 75.3 Å². The second kappa shape index (κ2) is 16.7. The Hall–Kier alpha value is -1.50. The third-order valence-electron chi connectivity index (χ3n) is 6.42. The highest BCUT2D eigenvalue weighted by molar-refractivity contribution is 7.92. The fourth-order valence-electron chi connectivity index (χ4n) is 4.28. The maximum atomic E-state index is 13.2. The molecule has 0 spiro atoms. The molecule has 1 unspecified atom stereocenters. The van der Waals surface area contributed by atoms with Crippen molar-refractivity contribution >= 4 is 48.7 Å². The number of amides is 1. The maximum Gasteiger partial charge on any atom is 0.250 e. The van der Waals surface area contributed by atoms with E-state index in [1.807, 2.05) is 19.9 Å². The number of carbonyl (C=O) groups is 1. The SMILES string of the molecule is CCCC(CCC)S(=O)(=O)CC(CNS(=O)(=O)c1ccc(Cl)s1)C(=O)NCCCNCc1cccc(CC)c1. The lowest BCUT2D eigenvalue weighted by atomic mass is 10.1. The van der Waals surface area contributed by atoms with Gasteiger partial charge in [-0.05, 0) is 55.5 Å². The number of rotatable bonds is 19. The number of aryl methyl sites for hydroxylation is 1. The molecule has 1 amide bonds. The average molecular weight is 620 g/mol. The molecule has 0 aliphatic heterocycles. The van der Waals surface area contributed by atoms with Crippen molar-refractivity contribution in [3.8, 4) is 0 Å². The number of hydrogen-bond donors (Lipinski definition) is 3. The molecule has 0 saturated carbocycles. The van der Waals surface area contributed by atoms with Gasteiger partial charge < -0.3 is 10.6 Å². The standard InChI is InChI=1S/C27H42ClN3O5S3/c1-4-9-24(10-5-2)38(33,34)20-23(19-31-39(35,36)26-14-13-25(28)37-26)27(32)30-16-8-15-29-18-22-12-7-11-21(6-3)17-22/h7,11-14,17,23-24,29,31H,4-6,8-10,15-16,18-20H2,1-3H3,(H,30,32). The van der Waals surface area contributed by atoms with Gasteiger partial charge in [-0.3, -0.25) is 4.79 Å². The lowest BCUT2D eigenvalue weighted by Gasteiger charge is -2.22. The maximum absolute atomic E-state index is 13.2. The summed E-state index contributed by atoms with van der Waals surface area (Å²) in [6, 6.07) is 11.2. The number of sulfone groups is 1. The first kappa shape index (κ1) is 33.7. The average Bonchev–Trinajstić information content (AvgIpc) is 3.35. The van der Waals surface area contributed by atoms with Crippen LogP contribution in [0.25, 0.3) is 0 Å². The summed E-state index contributed by atoms with van der Waals surface area (Å²) in [6.45, 7) is 7.38. The predicted molar refractivity (Wildman–Crippen MR) is 161 cm³/mol. The van der Waals surface area contributed by atoms with E-state index < -0.39 is 42.7 Å². The monoisotopic (exact) mass is 619 g/mol. The second-order valence-corrected chi connectivity index (χ2v) is 15.7. The highest BCUT2D eigenvalue weighted by Gasteiger charge is 2.32. The van der Waals surface area contributed by atoms with Gasteiger partial charge in [0.05, 0.1) is 21.3 Å². The minimum atomic E-state index is -3.93. The zero-order valence-electron chi connectivity index (χ0n) is 23.0. The molecule has 0 saturated heterocycles. The number of benzene rings is 1. The molecule has 2 rings (SSSR count). The van der Waals surface area contributed by atoms with E-state index in [2.05, 4.69) is 40.5 Å². The molecular formula is C27H42ClN3O5S3. The third kappa shape index (κ3) is 11.5. The minimum Gasteiger partial charge on any atom is -0.356 e. The van der Waals surface area contributed by atoms with E-state index in [0.29, 0.717) is 56.1 Å². The molecule has 0 fully saturated rings. The summed E-state index contributed by atoms with van der Waals surface area (Å²) in [5, 5.41) is 5.61. The third-order valence-corrected chi connectivity index (χ3v) is 11.9. The Morgan fingerprint density at radius 3 is 2.28 bits per heavy atom. The topological polar surface area (TPSA) is 121 Å². The Bertz CT molecular complexity index is 1240. The Morgan fingerprint density at radius 1 is 0.974 bits per heavy atom. The van der Waals surface area contributed by atoms with Gasteiger partial charge in [-0.25, -0.2) is 21.6 Å². The first-order valence-corrected chi connectivity index (χ1v) is 17.9. The van der Waals surface area contributed by atoms with E-state index in [4.69, 9.17) is 11.6 Å². The molecule has 2 aromatic rings. The Morgan fingerprint density at radius 2 is 1.67 bits per heavy atom. The van der Waals surface area contributed by atoms with Gasteiger partial charge in [0.25, 0.3) is 0 Å². The lowest BCUT2D eigenvalue weighted by molar-refractivity contribution is -0.124. The van der Waals surface area contributed by atoms with Crippen LogP contribution in [0.4, 0.5) is 0 Å². The van der Waals surface area contributed by atoms with E-state index in [1.165, 1.54) is 23.3 Å². The van der Waals surface area contributed by atoms with Crippen molar-refractivity contribution in [3.05, 3.63) is 51.9 Å². The van der Waals surface area contributed by atoms with Gasteiger partial charge in [0.1, 0.15) is 4.21 Å². The van der Waals surface area contributed by atoms with Crippen molar-refractivity contribution < 1.29 is 21.6 Å². The smallest absolute Gasteiger partial charge is 0.250 e. The fourth-order valence-corrected chi connectivity index (χ4v) is 9.18. The summed E-state index contributed by atoms with van der Waals surface area (Å²) in [4.78, 5) is 13.1. The van der Waals surface area contributed by atoms with E-state index in [0.717, 1.165) is 17.8 Å². The predicted octanol–water partition coefficient (Wildman–Crippen LogP) is 4.54. The highest BCUT2D eigenvalue weighted by Crippen LogP contribution is 2.25. The molecular weight excluding hydrogens is 578 g/mol. The number of halogens is 1. The molecule has 1 heterocycles. The Kier molecular flexibility index (Phi) is 14.4. The molecule has 0 bridgehead atoms. The molecule has 1 aromatic carbocycles. The largest absolute Gasteiger partial charge is 0.356 e. The molecule has 1 atom stereocenters. The minimum absolute atomic E-state index is 0.0138. The highest BCUT2D eigenvalue weighted by atomic mass is 35.5. The molecule has 220 valence electrons. The van der Waals surface area contributed by atoms with Gasteiger partial charge in [-0.15, -0.1) is 11.3 Å². The van der Waals surface area contributed by atoms with E-state index in [9.17, 15) is 21.6 Å². The number of sulfonamides is 1. The molecule has 8 nitrogen and oxygen atoms in total. The summed E-state index contributed by atoms with van der Waals surface area (Å²) in [5.41, 5.74) is 2.47. The number of thiophene rings is 1. The second-order valence-electron chi connectivity index (χ2n) is 9.63. The molecule has 12 heteroatoms. The van der Waals surface area contributed by atoms with Crippen LogP contribution in [0.3, 0.4) is 0 Å². The quantitative estimate of drug-likeness (QED) is 0.199. The molecule has 0 radical (unpaired) electrons. The number of hydrogen-bond acceptors (Lipinski definition) is 7. The van der Waals surface area contributed by atoms with Gasteiger partial charge in [0.15, 0.2) is 9.84 Å². The Labute approximate surface area is 243 Å². The van der Waals surface area contributed by atoms with Gasteiger partial charge in [-0.2, -0.15) is 0 Å². The van der Waals surface area contributed by atoms with Gasteiger partial charge in [-0.1, -0.05) is 69.5 Å². The van der Waals surface area contributed by atoms with Gasteiger partial charge >= 0.3 is 0 Å². The van der Waals surface area contributed by atoms with Crippen molar-refractivity contribution in [2.75, 3.05) is 25.4 Å². The summed E-state index contributed by atoms with van der Waals surface area (Å²) in [7, 11) is -7.55. The molecule has 0 aliphatic carbocycles. The van der Waals surface area contributed by atoms with Crippen LogP contribution in [0.1, 0.15) is 64.0 Å². The van der Waals surface area contributed by atoms with E-state index >= 15 is 0 Å². The normalized spacial score (nSPS) is 13.1. The zero-order valence-corrected chi connectivity index (χ0v) is 26.2. The fraction of sp³-hybridized carbons (Fsp3) is 0.593. The van der Waals surface area contributed by atoms with Crippen LogP contribution in [0.2, 0.25) is 4.34 Å². The van der Waals surface area contributed by atoms with Gasteiger partial charge in [0.2, 0.25) is 15.9 Å². The van der Waals surface area contributed by atoms with Crippen LogP contribution in [0.5, 0.6) is 0 Å². The Balaban J connectivity index is 1.99. The van der Waals surface area contributed by atoms with Crippen LogP contribution in [-0.2, 0) is 37.6 Å². The van der Waals surface area contributed by atoms with Crippen molar-refractivity contribution in [1.82, 2.24) is 15.4 Å². The molecule has 0 aliphatic rings. The van der Waals surface area contributed by atoms with Crippen LogP contribution >= 0.6 is 22.9 Å². The van der Waals surface area contributed by atoms with Crippen LogP contribution in [0, 0.1) is 5.92 Å². The van der Waals surface area contributed by atoms with Crippen LogP contribution in [0.15, 0.2) is 40.6 Å². The molecule has 1 aromatic heterocycles. The van der Waals surface area contributed by atoms with E-state index in [1.54, 1.807) is 0 Å². The number of carbonyl (C=O) groups excluding carboxylic acids is 1. The number of nitrogens with one attached hydrogen (secondary N) is 3. The van der Waals surface area contributed by atoms with Gasteiger partial charge in [0, 0.05) is 19.6 Å². The van der Waals surface area contributed by atoms with Crippen LogP contribution in [-0.4, -0.2) is 53.4 Å².